The molecule has 1 aromatic heterocycles. The molecule has 8 heteroatoms. The monoisotopic (exact) mass is 305 g/mol. The fraction of sp³-hybridized carbons (Fsp3) is 0.545. The van der Waals surface area contributed by atoms with Gasteiger partial charge < -0.3 is 5.32 Å². The third-order valence-corrected chi connectivity index (χ3v) is 4.85. The quantitative estimate of drug-likeness (QED) is 0.768. The fourth-order valence-corrected chi connectivity index (χ4v) is 3.62. The molecule has 0 saturated heterocycles. The Morgan fingerprint density at radius 3 is 2.74 bits per heavy atom. The summed E-state index contributed by atoms with van der Waals surface area (Å²) in [5.74, 6) is 0.463. The number of nitrogens with zero attached hydrogens (tertiary/aromatic N) is 1. The van der Waals surface area contributed by atoms with E-state index in [1.807, 2.05) is 0 Å². The van der Waals surface area contributed by atoms with E-state index in [4.69, 9.17) is 0 Å². The Bertz CT molecular complexity index is 546. The number of rotatable bonds is 7. The summed E-state index contributed by atoms with van der Waals surface area (Å²) >= 11 is 0. The summed E-state index contributed by atoms with van der Waals surface area (Å²) in [6.07, 6.45) is 3.55. The molecule has 2 unspecified atom stereocenters. The van der Waals surface area contributed by atoms with E-state index in [-0.39, 0.29) is 11.1 Å². The Labute approximate surface area is 116 Å². The van der Waals surface area contributed by atoms with Crippen LogP contribution in [0.3, 0.4) is 0 Å². The molecule has 1 rings (SSSR count). The number of aromatic nitrogens is 1. The molecule has 0 radical (unpaired) electrons. The first-order valence-corrected chi connectivity index (χ1v) is 9.03. The van der Waals surface area contributed by atoms with Crippen LogP contribution >= 0.6 is 0 Å². The van der Waals surface area contributed by atoms with Gasteiger partial charge in [-0.05, 0) is 25.5 Å². The SMILES string of the molecule is CNc1cccnc1S(=O)(=O)NC(C)CCS(C)=O. The minimum atomic E-state index is -3.67. The lowest BCUT2D eigenvalue weighted by Crippen LogP contribution is -2.34. The van der Waals surface area contributed by atoms with Gasteiger partial charge >= 0.3 is 0 Å². The number of nitrogens with one attached hydrogen (secondary N) is 2. The summed E-state index contributed by atoms with van der Waals surface area (Å²) in [5.41, 5.74) is 0.446. The van der Waals surface area contributed by atoms with Gasteiger partial charge in [0.1, 0.15) is 0 Å². The minimum Gasteiger partial charge on any atom is -0.386 e. The summed E-state index contributed by atoms with van der Waals surface area (Å²) in [7, 11) is -2.96. The van der Waals surface area contributed by atoms with Gasteiger partial charge in [-0.15, -0.1) is 0 Å². The van der Waals surface area contributed by atoms with Gasteiger partial charge in [0.25, 0.3) is 10.0 Å². The van der Waals surface area contributed by atoms with E-state index >= 15 is 0 Å². The Hall–Kier alpha value is -0.990. The van der Waals surface area contributed by atoms with Crippen molar-refractivity contribution in [3.63, 3.8) is 0 Å². The van der Waals surface area contributed by atoms with Crippen molar-refractivity contribution in [2.75, 3.05) is 24.4 Å². The molecule has 0 aliphatic rings. The summed E-state index contributed by atoms with van der Waals surface area (Å²) in [4.78, 5) is 3.90. The zero-order valence-electron chi connectivity index (χ0n) is 11.2. The van der Waals surface area contributed by atoms with E-state index in [0.717, 1.165) is 0 Å². The molecule has 0 spiro atoms. The fourth-order valence-electron chi connectivity index (χ4n) is 1.52. The maximum Gasteiger partial charge on any atom is 0.260 e. The van der Waals surface area contributed by atoms with E-state index in [1.165, 1.54) is 6.20 Å². The van der Waals surface area contributed by atoms with Gasteiger partial charge in [0, 0.05) is 42.1 Å². The van der Waals surface area contributed by atoms with Crippen LogP contribution in [0.25, 0.3) is 0 Å². The van der Waals surface area contributed by atoms with Crippen LogP contribution in [0.5, 0.6) is 0 Å². The molecule has 0 saturated carbocycles. The van der Waals surface area contributed by atoms with Crippen LogP contribution in [0.4, 0.5) is 5.69 Å². The van der Waals surface area contributed by atoms with E-state index in [9.17, 15) is 12.6 Å². The topological polar surface area (TPSA) is 88.2 Å². The lowest BCUT2D eigenvalue weighted by molar-refractivity contribution is 0.553. The Morgan fingerprint density at radius 2 is 2.16 bits per heavy atom. The maximum absolute atomic E-state index is 12.2. The average molecular weight is 305 g/mol. The molecule has 19 heavy (non-hydrogen) atoms. The van der Waals surface area contributed by atoms with Crippen LogP contribution in [-0.2, 0) is 20.8 Å². The van der Waals surface area contributed by atoms with Crippen LogP contribution in [0.15, 0.2) is 23.4 Å². The van der Waals surface area contributed by atoms with Crippen molar-refractivity contribution < 1.29 is 12.6 Å². The highest BCUT2D eigenvalue weighted by atomic mass is 32.2. The Balaban J connectivity index is 2.83. The number of hydrogen-bond acceptors (Lipinski definition) is 5. The molecule has 1 aromatic rings. The first kappa shape index (κ1) is 16.1. The van der Waals surface area contributed by atoms with Crippen LogP contribution in [0, 0.1) is 0 Å². The summed E-state index contributed by atoms with van der Waals surface area (Å²) in [6, 6.07) is 3.02. The Kier molecular flexibility index (Phi) is 5.89. The molecule has 6 nitrogen and oxygen atoms in total. The maximum atomic E-state index is 12.2. The van der Waals surface area contributed by atoms with Crippen LogP contribution < -0.4 is 10.0 Å². The van der Waals surface area contributed by atoms with E-state index in [0.29, 0.717) is 17.9 Å². The third kappa shape index (κ3) is 4.88. The molecular weight excluding hydrogens is 286 g/mol. The first-order valence-electron chi connectivity index (χ1n) is 5.82. The Morgan fingerprint density at radius 1 is 1.47 bits per heavy atom. The van der Waals surface area contributed by atoms with Gasteiger partial charge in [-0.1, -0.05) is 0 Å². The van der Waals surface area contributed by atoms with Crippen LogP contribution in [0.1, 0.15) is 13.3 Å². The second kappa shape index (κ2) is 6.97. The highest BCUT2D eigenvalue weighted by Crippen LogP contribution is 2.17. The smallest absolute Gasteiger partial charge is 0.260 e. The highest BCUT2D eigenvalue weighted by Gasteiger charge is 2.21. The molecule has 0 aliphatic carbocycles. The van der Waals surface area contributed by atoms with Gasteiger partial charge in [-0.2, -0.15) is 0 Å². The minimum absolute atomic E-state index is 0.0260. The van der Waals surface area contributed by atoms with E-state index < -0.39 is 20.8 Å². The molecule has 1 heterocycles. The predicted molar refractivity (Wildman–Crippen MR) is 77.1 cm³/mol. The number of pyridine rings is 1. The lowest BCUT2D eigenvalue weighted by atomic mass is 10.3. The number of anilines is 1. The molecular formula is C11H19N3O3S2. The molecule has 108 valence electrons. The second-order valence-corrected chi connectivity index (χ2v) is 7.38. The van der Waals surface area contributed by atoms with Gasteiger partial charge in [-0.25, -0.2) is 18.1 Å². The second-order valence-electron chi connectivity index (χ2n) is 4.19. The van der Waals surface area contributed by atoms with E-state index in [2.05, 4.69) is 15.0 Å². The highest BCUT2D eigenvalue weighted by molar-refractivity contribution is 7.89. The largest absolute Gasteiger partial charge is 0.386 e. The third-order valence-electron chi connectivity index (χ3n) is 2.49. The van der Waals surface area contributed by atoms with Crippen LogP contribution in [-0.4, -0.2) is 42.7 Å². The van der Waals surface area contributed by atoms with Crippen molar-refractivity contribution in [1.82, 2.24) is 9.71 Å². The standard InChI is InChI=1S/C11H19N3O3S2/c1-9(6-8-18(3)15)14-19(16,17)11-10(12-2)5-4-7-13-11/h4-5,7,9,12,14H,6,8H2,1-3H3. The van der Waals surface area contributed by atoms with Crippen molar-refractivity contribution >= 4 is 26.5 Å². The molecule has 0 amide bonds. The molecule has 0 aromatic carbocycles. The van der Waals surface area contributed by atoms with Crippen molar-refractivity contribution in [1.29, 1.82) is 0 Å². The zero-order chi connectivity index (χ0) is 14.5. The first-order chi connectivity index (χ1) is 8.86. The normalized spacial score (nSPS) is 14.9. The van der Waals surface area contributed by atoms with Gasteiger partial charge in [0.2, 0.25) is 0 Å². The molecule has 2 atom stereocenters. The molecule has 0 aliphatic heterocycles. The van der Waals surface area contributed by atoms with Gasteiger partial charge in [0.05, 0.1) is 5.69 Å². The summed E-state index contributed by atoms with van der Waals surface area (Å²) in [6.45, 7) is 1.74. The van der Waals surface area contributed by atoms with E-state index in [1.54, 1.807) is 32.4 Å². The molecule has 2 N–H and O–H groups in total. The van der Waals surface area contributed by atoms with Crippen molar-refractivity contribution in [3.8, 4) is 0 Å². The van der Waals surface area contributed by atoms with Crippen LogP contribution in [0.2, 0.25) is 0 Å². The van der Waals surface area contributed by atoms with Gasteiger partial charge in [-0.3, -0.25) is 4.21 Å². The van der Waals surface area contributed by atoms with Gasteiger partial charge in [0.15, 0.2) is 5.03 Å². The molecule has 0 fully saturated rings. The van der Waals surface area contributed by atoms with Crippen molar-refractivity contribution in [2.45, 2.75) is 24.4 Å². The lowest BCUT2D eigenvalue weighted by Gasteiger charge is -2.14. The zero-order valence-corrected chi connectivity index (χ0v) is 12.8. The summed E-state index contributed by atoms with van der Waals surface area (Å²) < 4.78 is 37.9. The number of sulfonamides is 1. The molecule has 0 bridgehead atoms. The number of hydrogen-bond donors (Lipinski definition) is 2. The summed E-state index contributed by atoms with van der Waals surface area (Å²) in [5, 5.41) is 2.77. The predicted octanol–water partition coefficient (Wildman–Crippen LogP) is 0.559. The average Bonchev–Trinajstić information content (AvgIpc) is 2.35. The van der Waals surface area contributed by atoms with Crippen molar-refractivity contribution in [2.24, 2.45) is 0 Å². The van der Waals surface area contributed by atoms with Crippen molar-refractivity contribution in [3.05, 3.63) is 18.3 Å².